The van der Waals surface area contributed by atoms with Gasteiger partial charge in [0.1, 0.15) is 0 Å². The van der Waals surface area contributed by atoms with Crippen molar-refractivity contribution < 1.29 is 0 Å². The Bertz CT molecular complexity index is 155. The first-order chi connectivity index (χ1) is 3.97. The molecule has 0 fully saturated rings. The van der Waals surface area contributed by atoms with Crippen LogP contribution in [-0.4, -0.2) is 16.3 Å². The number of H-pyrrole nitrogens is 1. The van der Waals surface area contributed by atoms with E-state index in [1.54, 1.807) is 0 Å². The zero-order chi connectivity index (χ0) is 5.40. The lowest BCUT2D eigenvalue weighted by Crippen LogP contribution is -2.32. The zero-order valence-corrected chi connectivity index (χ0v) is 4.65. The topological polar surface area (TPSA) is 32.8 Å². The van der Waals surface area contributed by atoms with Crippen LogP contribution in [0.3, 0.4) is 0 Å². The molecule has 0 amide bonds. The van der Waals surface area contributed by atoms with Gasteiger partial charge in [-0.3, -0.25) is 4.68 Å². The molecule has 0 aliphatic carbocycles. The molecule has 1 aromatic heterocycles. The minimum Gasteiger partial charge on any atom is -0.309 e. The fourth-order valence-electron chi connectivity index (χ4n) is 1.01. The van der Waals surface area contributed by atoms with Gasteiger partial charge in [-0.25, -0.2) is 0 Å². The Labute approximate surface area is 47.7 Å². The Balaban J connectivity index is 2.26. The molecule has 0 saturated carbocycles. The van der Waals surface area contributed by atoms with E-state index in [-0.39, 0.29) is 0 Å². The smallest absolute Gasteiger partial charge is 0.0659 e. The molecule has 3 nitrogen and oxygen atoms in total. The van der Waals surface area contributed by atoms with Crippen LogP contribution in [-0.2, 0) is 13.1 Å². The molecule has 0 aromatic carbocycles. The van der Waals surface area contributed by atoms with Gasteiger partial charge in [0.25, 0.3) is 0 Å². The largest absolute Gasteiger partial charge is 0.309 e. The molecule has 2 heterocycles. The van der Waals surface area contributed by atoms with Crippen LogP contribution in [0.25, 0.3) is 0 Å². The van der Waals surface area contributed by atoms with E-state index in [0.29, 0.717) is 0 Å². The summed E-state index contributed by atoms with van der Waals surface area (Å²) < 4.78 is 2.16. The summed E-state index contributed by atoms with van der Waals surface area (Å²) in [6.07, 6.45) is 2.03. The zero-order valence-electron chi connectivity index (χ0n) is 4.65. The van der Waals surface area contributed by atoms with Gasteiger partial charge in [-0.15, -0.1) is 0 Å². The normalized spacial score (nSPS) is 18.5. The predicted molar refractivity (Wildman–Crippen MR) is 30.5 cm³/mol. The first-order valence-corrected chi connectivity index (χ1v) is 2.90. The van der Waals surface area contributed by atoms with Crippen molar-refractivity contribution in [3.8, 4) is 0 Å². The highest BCUT2D eigenvalue weighted by Gasteiger charge is 2.06. The lowest BCUT2D eigenvalue weighted by Gasteiger charge is -2.22. The van der Waals surface area contributed by atoms with Crippen molar-refractivity contribution in [2.24, 2.45) is 0 Å². The van der Waals surface area contributed by atoms with Crippen LogP contribution in [0.2, 0.25) is 0 Å². The number of aromatic nitrogens is 2. The van der Waals surface area contributed by atoms with Crippen molar-refractivity contribution in [3.63, 3.8) is 0 Å². The SMILES string of the molecule is c1[nH]n2c1CNCC2. The Hall–Kier alpha value is -0.700. The van der Waals surface area contributed by atoms with Crippen LogP contribution < -0.4 is 5.32 Å². The predicted octanol–water partition coefficient (Wildman–Crippen LogP) is -0.0806. The van der Waals surface area contributed by atoms with E-state index >= 15 is 0 Å². The van der Waals surface area contributed by atoms with Crippen LogP contribution in [0.5, 0.6) is 0 Å². The molecule has 0 bridgehead atoms. The summed E-state index contributed by atoms with van der Waals surface area (Å²) in [5.41, 5.74) is 1.39. The van der Waals surface area contributed by atoms with Crippen molar-refractivity contribution in [2.75, 3.05) is 6.54 Å². The second-order valence-corrected chi connectivity index (χ2v) is 2.09. The number of nitrogens with one attached hydrogen (secondary N) is 2. The third-order valence-corrected chi connectivity index (χ3v) is 1.55. The van der Waals surface area contributed by atoms with Crippen molar-refractivity contribution in [1.29, 1.82) is 0 Å². The molecule has 1 aliphatic rings. The van der Waals surface area contributed by atoms with Gasteiger partial charge in [0.05, 0.1) is 12.2 Å². The average molecular weight is 111 g/mol. The minimum absolute atomic E-state index is 1.03. The van der Waals surface area contributed by atoms with E-state index in [4.69, 9.17) is 0 Å². The Morgan fingerprint density at radius 1 is 1.62 bits per heavy atom. The van der Waals surface area contributed by atoms with E-state index in [9.17, 15) is 0 Å². The fraction of sp³-hybridized carbons (Fsp3) is 0.600. The Morgan fingerprint density at radius 3 is 3.00 bits per heavy atom. The van der Waals surface area contributed by atoms with Gasteiger partial charge in [0.15, 0.2) is 0 Å². The summed E-state index contributed by atoms with van der Waals surface area (Å²) in [6, 6.07) is 0. The van der Waals surface area contributed by atoms with Crippen molar-refractivity contribution in [2.45, 2.75) is 13.1 Å². The highest BCUT2D eigenvalue weighted by Crippen LogP contribution is 2.02. The van der Waals surface area contributed by atoms with E-state index in [1.165, 1.54) is 5.69 Å². The third kappa shape index (κ3) is 0.419. The van der Waals surface area contributed by atoms with Crippen LogP contribution in [0.1, 0.15) is 5.69 Å². The molecule has 0 spiro atoms. The van der Waals surface area contributed by atoms with Gasteiger partial charge in [-0.1, -0.05) is 0 Å². The summed E-state index contributed by atoms with van der Waals surface area (Å²) in [5.74, 6) is 0. The molecule has 0 saturated heterocycles. The van der Waals surface area contributed by atoms with Gasteiger partial charge in [-0.2, -0.15) is 0 Å². The summed E-state index contributed by atoms with van der Waals surface area (Å²) in [5, 5.41) is 6.34. The number of hydrogen-bond donors (Lipinski definition) is 2. The maximum atomic E-state index is 3.27. The number of nitrogens with zero attached hydrogens (tertiary/aromatic N) is 1. The lowest BCUT2D eigenvalue weighted by atomic mass is 10.3. The summed E-state index contributed by atoms with van der Waals surface area (Å²) >= 11 is 0. The first-order valence-electron chi connectivity index (χ1n) is 2.90. The summed E-state index contributed by atoms with van der Waals surface area (Å²) in [4.78, 5) is 0. The molecule has 1 aliphatic heterocycles. The Morgan fingerprint density at radius 2 is 2.62 bits per heavy atom. The summed E-state index contributed by atoms with van der Waals surface area (Å²) in [7, 11) is 0. The second-order valence-electron chi connectivity index (χ2n) is 2.09. The monoisotopic (exact) mass is 111 g/mol. The van der Waals surface area contributed by atoms with Crippen LogP contribution in [0.4, 0.5) is 0 Å². The maximum absolute atomic E-state index is 3.27. The molecule has 0 atom stereocenters. The second kappa shape index (κ2) is 1.39. The highest BCUT2D eigenvalue weighted by atomic mass is 15.3. The Kier molecular flexibility index (Phi) is 0.729. The van der Waals surface area contributed by atoms with Crippen molar-refractivity contribution in [3.05, 3.63) is 11.9 Å². The van der Waals surface area contributed by atoms with Crippen LogP contribution in [0, 0.1) is 0 Å². The van der Waals surface area contributed by atoms with E-state index in [2.05, 4.69) is 15.1 Å². The lowest BCUT2D eigenvalue weighted by molar-refractivity contribution is 0.432. The standard InChI is InChI=1S/C5H9N3/c1-2-8-5(3-6-1)4-7-8/h4,6-7H,1-3H2. The van der Waals surface area contributed by atoms with Crippen molar-refractivity contribution >= 4 is 0 Å². The minimum atomic E-state index is 1.03. The van der Waals surface area contributed by atoms with E-state index < -0.39 is 0 Å². The number of rotatable bonds is 0. The highest BCUT2D eigenvalue weighted by molar-refractivity contribution is 4.99. The van der Waals surface area contributed by atoms with Gasteiger partial charge in [-0.05, 0) is 0 Å². The molecule has 8 heavy (non-hydrogen) atoms. The molecule has 2 N–H and O–H groups in total. The van der Waals surface area contributed by atoms with Crippen LogP contribution >= 0.6 is 0 Å². The van der Waals surface area contributed by atoms with E-state index in [1.807, 2.05) is 6.20 Å². The fourth-order valence-corrected chi connectivity index (χ4v) is 1.01. The molecular weight excluding hydrogens is 102 g/mol. The van der Waals surface area contributed by atoms with E-state index in [0.717, 1.165) is 19.6 Å². The van der Waals surface area contributed by atoms with Gasteiger partial charge in [0, 0.05) is 19.3 Å². The molecule has 3 heteroatoms. The molecule has 0 unspecified atom stereocenters. The quantitative estimate of drug-likeness (QED) is 0.482. The van der Waals surface area contributed by atoms with Gasteiger partial charge >= 0.3 is 0 Å². The molecule has 44 valence electrons. The van der Waals surface area contributed by atoms with Gasteiger partial charge < -0.3 is 10.4 Å². The number of hydrogen-bond acceptors (Lipinski definition) is 1. The number of aromatic amines is 1. The molecule has 0 radical (unpaired) electrons. The third-order valence-electron chi connectivity index (χ3n) is 1.55. The molecule has 2 rings (SSSR count). The first kappa shape index (κ1) is 4.21. The van der Waals surface area contributed by atoms with Gasteiger partial charge in [0.2, 0.25) is 0 Å². The maximum Gasteiger partial charge on any atom is 0.0659 e. The molecule has 1 aromatic rings. The van der Waals surface area contributed by atoms with Crippen LogP contribution in [0.15, 0.2) is 6.20 Å². The average Bonchev–Trinajstić information content (AvgIpc) is 1.72. The van der Waals surface area contributed by atoms with Crippen molar-refractivity contribution in [1.82, 2.24) is 15.1 Å². The molecular formula is C5H9N3. The number of fused-ring (bicyclic) bond motifs is 1. The summed E-state index contributed by atoms with van der Waals surface area (Å²) in [6.45, 7) is 3.24.